The molecule has 1 heterocycles. The van der Waals surface area contributed by atoms with Gasteiger partial charge in [0.25, 0.3) is 0 Å². The minimum atomic E-state index is -0.0171. The molecule has 0 bridgehead atoms. The Morgan fingerprint density at radius 1 is 1.00 bits per heavy atom. The second-order valence-corrected chi connectivity index (χ2v) is 4.99. The van der Waals surface area contributed by atoms with Crippen molar-refractivity contribution in [2.24, 2.45) is 0 Å². The maximum atomic E-state index is 12.3. The maximum Gasteiger partial charge on any atom is 0.194 e. The number of ketones is 1. The second kappa shape index (κ2) is 5.23. The summed E-state index contributed by atoms with van der Waals surface area (Å²) in [5, 5.41) is 1.86. The van der Waals surface area contributed by atoms with E-state index in [-0.39, 0.29) is 5.78 Å². The first kappa shape index (κ1) is 12.6. The Morgan fingerprint density at radius 3 is 2.06 bits per heavy atom. The number of rotatable bonds is 4. The van der Waals surface area contributed by atoms with E-state index in [0.29, 0.717) is 22.6 Å². The molecule has 18 heavy (non-hydrogen) atoms. The Bertz CT molecular complexity index is 550. The fraction of sp³-hybridized carbons (Fsp3) is 0.214. The smallest absolute Gasteiger partial charge is 0.194 e. The van der Waals surface area contributed by atoms with Crippen LogP contribution >= 0.6 is 11.3 Å². The van der Waals surface area contributed by atoms with Crippen LogP contribution < -0.4 is 9.47 Å². The Balaban J connectivity index is 2.40. The van der Waals surface area contributed by atoms with E-state index >= 15 is 0 Å². The number of ether oxygens (including phenoxy) is 2. The third-order valence-electron chi connectivity index (χ3n) is 2.61. The normalized spacial score (nSPS) is 10.2. The molecule has 0 aliphatic rings. The predicted molar refractivity (Wildman–Crippen MR) is 72.0 cm³/mol. The third kappa shape index (κ3) is 2.54. The van der Waals surface area contributed by atoms with Crippen LogP contribution in [0.2, 0.25) is 0 Å². The molecule has 0 N–H and O–H groups in total. The first-order valence-electron chi connectivity index (χ1n) is 5.47. The molecular weight excluding hydrogens is 248 g/mol. The molecule has 1 aromatic heterocycles. The monoisotopic (exact) mass is 262 g/mol. The van der Waals surface area contributed by atoms with Crippen molar-refractivity contribution in [1.82, 2.24) is 0 Å². The minimum absolute atomic E-state index is 0.0171. The molecule has 4 heteroatoms. The Kier molecular flexibility index (Phi) is 3.67. The number of carbonyl (C=O) groups is 1. The topological polar surface area (TPSA) is 35.5 Å². The van der Waals surface area contributed by atoms with Crippen molar-refractivity contribution >= 4 is 17.1 Å². The molecular formula is C14H14O3S. The summed E-state index contributed by atoms with van der Waals surface area (Å²) < 4.78 is 10.3. The summed E-state index contributed by atoms with van der Waals surface area (Å²) in [5.41, 5.74) is 1.27. The van der Waals surface area contributed by atoms with Crippen LogP contribution in [0.1, 0.15) is 20.8 Å². The van der Waals surface area contributed by atoms with E-state index in [0.717, 1.165) is 4.88 Å². The van der Waals surface area contributed by atoms with Crippen molar-refractivity contribution in [2.45, 2.75) is 6.92 Å². The second-order valence-electron chi connectivity index (χ2n) is 3.88. The number of methoxy groups -OCH3 is 2. The first-order valence-corrected chi connectivity index (χ1v) is 6.35. The van der Waals surface area contributed by atoms with E-state index < -0.39 is 0 Å². The van der Waals surface area contributed by atoms with Gasteiger partial charge in [0.2, 0.25) is 0 Å². The maximum absolute atomic E-state index is 12.3. The summed E-state index contributed by atoms with van der Waals surface area (Å²) in [7, 11) is 3.13. The van der Waals surface area contributed by atoms with Gasteiger partial charge >= 0.3 is 0 Å². The minimum Gasteiger partial charge on any atom is -0.497 e. The Morgan fingerprint density at radius 2 is 1.61 bits per heavy atom. The lowest BCUT2D eigenvalue weighted by molar-refractivity contribution is 0.103. The van der Waals surface area contributed by atoms with E-state index in [1.165, 1.54) is 0 Å². The van der Waals surface area contributed by atoms with E-state index in [1.807, 2.05) is 18.4 Å². The van der Waals surface area contributed by atoms with Crippen LogP contribution in [-0.2, 0) is 0 Å². The standard InChI is InChI=1S/C14H14O3S/c1-9-4-11(8-18-9)14(15)10-5-12(16-2)7-13(6-10)17-3/h4-8H,1-3H3. The number of benzene rings is 1. The molecule has 0 aliphatic carbocycles. The molecule has 0 spiro atoms. The molecule has 2 aromatic rings. The summed E-state index contributed by atoms with van der Waals surface area (Å²) in [4.78, 5) is 13.4. The van der Waals surface area contributed by atoms with Crippen LogP contribution in [0.15, 0.2) is 29.6 Å². The lowest BCUT2D eigenvalue weighted by atomic mass is 10.1. The van der Waals surface area contributed by atoms with E-state index in [2.05, 4.69) is 0 Å². The molecule has 0 saturated carbocycles. The average Bonchev–Trinajstić information content (AvgIpc) is 2.83. The molecule has 0 fully saturated rings. The van der Waals surface area contributed by atoms with Crippen molar-refractivity contribution in [2.75, 3.05) is 14.2 Å². The third-order valence-corrected chi connectivity index (χ3v) is 3.47. The van der Waals surface area contributed by atoms with Gasteiger partial charge in [-0.05, 0) is 25.1 Å². The largest absolute Gasteiger partial charge is 0.497 e. The highest BCUT2D eigenvalue weighted by atomic mass is 32.1. The van der Waals surface area contributed by atoms with Crippen molar-refractivity contribution < 1.29 is 14.3 Å². The predicted octanol–water partition coefficient (Wildman–Crippen LogP) is 3.30. The van der Waals surface area contributed by atoms with Crippen LogP contribution in [0, 0.1) is 6.92 Å². The number of carbonyl (C=O) groups excluding carboxylic acids is 1. The summed E-state index contributed by atoms with van der Waals surface area (Å²) >= 11 is 1.56. The van der Waals surface area contributed by atoms with Crippen LogP contribution in [0.3, 0.4) is 0 Å². The summed E-state index contributed by atoms with van der Waals surface area (Å²) in [5.74, 6) is 1.21. The van der Waals surface area contributed by atoms with Gasteiger partial charge < -0.3 is 9.47 Å². The highest BCUT2D eigenvalue weighted by Crippen LogP contribution is 2.25. The SMILES string of the molecule is COc1cc(OC)cc(C(=O)c2csc(C)c2)c1. The molecule has 0 radical (unpaired) electrons. The van der Waals surface area contributed by atoms with Crippen LogP contribution in [-0.4, -0.2) is 20.0 Å². The molecule has 3 nitrogen and oxygen atoms in total. The summed E-state index contributed by atoms with van der Waals surface area (Å²) in [6.07, 6.45) is 0. The van der Waals surface area contributed by atoms with Gasteiger partial charge in [0.15, 0.2) is 5.78 Å². The summed E-state index contributed by atoms with van der Waals surface area (Å²) in [6.45, 7) is 1.98. The van der Waals surface area contributed by atoms with Gasteiger partial charge in [0, 0.05) is 27.5 Å². The van der Waals surface area contributed by atoms with Crippen molar-refractivity contribution in [3.63, 3.8) is 0 Å². The van der Waals surface area contributed by atoms with E-state index in [9.17, 15) is 4.79 Å². The first-order chi connectivity index (χ1) is 8.63. The molecule has 0 atom stereocenters. The summed E-state index contributed by atoms with van der Waals surface area (Å²) in [6, 6.07) is 7.07. The number of aryl methyl sites for hydroxylation is 1. The van der Waals surface area contributed by atoms with Crippen molar-refractivity contribution in [1.29, 1.82) is 0 Å². The van der Waals surface area contributed by atoms with Gasteiger partial charge in [-0.3, -0.25) is 4.79 Å². The number of thiophene rings is 1. The van der Waals surface area contributed by atoms with Crippen molar-refractivity contribution in [3.05, 3.63) is 45.6 Å². The van der Waals surface area contributed by atoms with Gasteiger partial charge in [0.1, 0.15) is 11.5 Å². The van der Waals surface area contributed by atoms with Gasteiger partial charge in [-0.1, -0.05) is 0 Å². The number of hydrogen-bond acceptors (Lipinski definition) is 4. The lowest BCUT2D eigenvalue weighted by Crippen LogP contribution is -2.01. The number of hydrogen-bond donors (Lipinski definition) is 0. The van der Waals surface area contributed by atoms with Crippen LogP contribution in [0.4, 0.5) is 0 Å². The van der Waals surface area contributed by atoms with Gasteiger partial charge in [-0.15, -0.1) is 11.3 Å². The Labute approximate surface area is 110 Å². The zero-order valence-corrected chi connectivity index (χ0v) is 11.3. The zero-order valence-electron chi connectivity index (χ0n) is 10.5. The van der Waals surface area contributed by atoms with Gasteiger partial charge in [-0.2, -0.15) is 0 Å². The molecule has 0 aliphatic heterocycles. The van der Waals surface area contributed by atoms with Crippen molar-refractivity contribution in [3.8, 4) is 11.5 Å². The highest BCUT2D eigenvalue weighted by molar-refractivity contribution is 7.10. The fourth-order valence-electron chi connectivity index (χ4n) is 1.67. The van der Waals surface area contributed by atoms with Crippen LogP contribution in [0.5, 0.6) is 11.5 Å². The van der Waals surface area contributed by atoms with Crippen LogP contribution in [0.25, 0.3) is 0 Å². The van der Waals surface area contributed by atoms with Gasteiger partial charge in [0.05, 0.1) is 14.2 Å². The fourth-order valence-corrected chi connectivity index (χ4v) is 2.35. The lowest BCUT2D eigenvalue weighted by Gasteiger charge is -2.07. The average molecular weight is 262 g/mol. The molecule has 0 saturated heterocycles. The molecule has 2 rings (SSSR count). The van der Waals surface area contributed by atoms with E-state index in [1.54, 1.807) is 43.8 Å². The molecule has 94 valence electrons. The molecule has 0 amide bonds. The molecule has 1 aromatic carbocycles. The molecule has 0 unspecified atom stereocenters. The quantitative estimate of drug-likeness (QED) is 0.793. The Hall–Kier alpha value is -1.81. The highest BCUT2D eigenvalue weighted by Gasteiger charge is 2.13. The van der Waals surface area contributed by atoms with Gasteiger partial charge in [-0.25, -0.2) is 0 Å². The zero-order chi connectivity index (χ0) is 13.1. The van der Waals surface area contributed by atoms with E-state index in [4.69, 9.17) is 9.47 Å².